The largest absolute Gasteiger partial charge is 0.311 e. The van der Waals surface area contributed by atoms with Crippen LogP contribution in [0, 0.1) is 13.8 Å². The predicted molar refractivity (Wildman–Crippen MR) is 314 cm³/mol. The number of hydrogen-bond donors (Lipinski definition) is 0. The van der Waals surface area contributed by atoms with E-state index in [-0.39, 0.29) is 11.6 Å². The maximum Gasteiger partial charge on any atom is 0.193 e. The summed E-state index contributed by atoms with van der Waals surface area (Å²) in [6.45, 7) is 4.15. The second-order valence-electron chi connectivity index (χ2n) is 18.7. The van der Waals surface area contributed by atoms with Gasteiger partial charge in [-0.3, -0.25) is 9.59 Å². The van der Waals surface area contributed by atoms with Crippen LogP contribution >= 0.6 is 0 Å². The molecule has 11 rings (SSSR count). The lowest BCUT2D eigenvalue weighted by Gasteiger charge is -2.28. The quantitative estimate of drug-likeness (QED) is 0.0899. The second-order valence-corrected chi connectivity index (χ2v) is 18.7. The minimum absolute atomic E-state index is 0.182. The van der Waals surface area contributed by atoms with Gasteiger partial charge in [0.1, 0.15) is 0 Å². The van der Waals surface area contributed by atoms with Crippen LogP contribution in [0.1, 0.15) is 43.0 Å². The normalized spacial score (nSPS) is 10.9. The third-order valence-electron chi connectivity index (χ3n) is 13.5. The zero-order valence-corrected chi connectivity index (χ0v) is 42.3. The lowest BCUT2D eigenvalue weighted by Crippen LogP contribution is -2.13. The molecule has 366 valence electrons. The third kappa shape index (κ3) is 10.4. The first-order chi connectivity index (χ1) is 37.3. The van der Waals surface area contributed by atoms with Crippen molar-refractivity contribution < 1.29 is 9.59 Å². The molecule has 0 amide bonds. The van der Waals surface area contributed by atoms with Crippen LogP contribution in [0.25, 0.3) is 0 Å². The number of para-hydroxylation sites is 4. The number of nitrogens with zero attached hydrogens (tertiary/aromatic N) is 4. The second kappa shape index (κ2) is 22.0. The van der Waals surface area contributed by atoms with E-state index in [0.29, 0.717) is 22.3 Å². The summed E-state index contributed by atoms with van der Waals surface area (Å²) >= 11 is 0. The average Bonchev–Trinajstić information content (AvgIpc) is 3.49. The highest BCUT2D eigenvalue weighted by Gasteiger charge is 2.21. The summed E-state index contributed by atoms with van der Waals surface area (Å²) in [5.41, 5.74) is 15.8. The average molecular weight is 983 g/mol. The summed E-state index contributed by atoms with van der Waals surface area (Å²) in [5.74, 6) is -0.365. The Balaban J connectivity index is 0.882. The van der Waals surface area contributed by atoms with Gasteiger partial charge in [0.2, 0.25) is 0 Å². The molecule has 0 aliphatic rings. The summed E-state index contributed by atoms with van der Waals surface area (Å²) in [6.07, 6.45) is 0. The molecule has 0 N–H and O–H groups in total. The van der Waals surface area contributed by atoms with Crippen molar-refractivity contribution in [1.82, 2.24) is 0 Å². The smallest absolute Gasteiger partial charge is 0.193 e. The molecule has 0 aromatic heterocycles. The van der Waals surface area contributed by atoms with Gasteiger partial charge in [-0.2, -0.15) is 0 Å². The Labute approximate surface area is 445 Å². The SMILES string of the molecule is Cc1ccc(N(c2ccc(N(c3ccccc3)c3ccccc3)cc2)c2cccc(C(=O)c3cccc(C(=O)c4cccc(N(c5ccc(C)cc5)c5ccc(N(c6ccccc6)c6ccccc6)cc5)c4)c3)c2)cc1. The van der Waals surface area contributed by atoms with Crippen LogP contribution in [-0.2, 0) is 0 Å². The molecule has 0 heterocycles. The fourth-order valence-electron chi connectivity index (χ4n) is 9.69. The van der Waals surface area contributed by atoms with Crippen molar-refractivity contribution in [2.45, 2.75) is 13.8 Å². The molecule has 11 aromatic rings. The van der Waals surface area contributed by atoms with Gasteiger partial charge < -0.3 is 19.6 Å². The molecule has 0 radical (unpaired) electrons. The van der Waals surface area contributed by atoms with Crippen LogP contribution in [0.5, 0.6) is 0 Å². The van der Waals surface area contributed by atoms with Crippen molar-refractivity contribution in [3.63, 3.8) is 0 Å². The summed E-state index contributed by atoms with van der Waals surface area (Å²) in [4.78, 5) is 38.0. The van der Waals surface area contributed by atoms with Crippen molar-refractivity contribution >= 4 is 79.8 Å². The Morgan fingerprint density at radius 1 is 0.211 bits per heavy atom. The molecule has 0 bridgehead atoms. The van der Waals surface area contributed by atoms with Crippen molar-refractivity contribution in [3.05, 3.63) is 325 Å². The van der Waals surface area contributed by atoms with Gasteiger partial charge in [-0.1, -0.05) is 151 Å². The maximum absolute atomic E-state index is 14.6. The van der Waals surface area contributed by atoms with E-state index < -0.39 is 0 Å². The first-order valence-electron chi connectivity index (χ1n) is 25.5. The Bertz CT molecular complexity index is 3410. The molecular weight excluding hydrogens is 929 g/mol. The third-order valence-corrected chi connectivity index (χ3v) is 13.5. The number of ketones is 2. The number of aryl methyl sites for hydroxylation is 2. The summed E-state index contributed by atoms with van der Waals surface area (Å²) in [6, 6.07) is 97.7. The monoisotopic (exact) mass is 982 g/mol. The Kier molecular flexibility index (Phi) is 14.0. The van der Waals surface area contributed by atoms with Crippen molar-refractivity contribution in [3.8, 4) is 0 Å². The van der Waals surface area contributed by atoms with Gasteiger partial charge >= 0.3 is 0 Å². The number of carbonyl (C=O) groups is 2. The molecule has 0 saturated heterocycles. The highest BCUT2D eigenvalue weighted by molar-refractivity contribution is 6.14. The Morgan fingerprint density at radius 3 is 0.684 bits per heavy atom. The van der Waals surface area contributed by atoms with Gasteiger partial charge in [-0.25, -0.2) is 0 Å². The molecular formula is C70H54N4O2. The van der Waals surface area contributed by atoms with E-state index in [1.165, 1.54) is 0 Å². The van der Waals surface area contributed by atoms with Gasteiger partial charge in [0.15, 0.2) is 11.6 Å². The summed E-state index contributed by atoms with van der Waals surface area (Å²) in [7, 11) is 0. The van der Waals surface area contributed by atoms with Gasteiger partial charge in [0.05, 0.1) is 0 Å². The maximum atomic E-state index is 14.6. The molecule has 6 nitrogen and oxygen atoms in total. The van der Waals surface area contributed by atoms with E-state index in [0.717, 1.165) is 79.4 Å². The Morgan fingerprint density at radius 2 is 0.408 bits per heavy atom. The van der Waals surface area contributed by atoms with Crippen LogP contribution in [0.2, 0.25) is 0 Å². The molecule has 0 saturated carbocycles. The first-order valence-corrected chi connectivity index (χ1v) is 25.5. The van der Waals surface area contributed by atoms with Crippen LogP contribution in [0.15, 0.2) is 291 Å². The molecule has 0 spiro atoms. The van der Waals surface area contributed by atoms with E-state index >= 15 is 0 Å². The standard InChI is InChI=1S/C70H54N4O2/c1-51-32-36-61(37-33-51)73(65-44-40-63(41-45-65)71(57-22-7-3-8-23-57)58-24-9-4-10-25-58)67-30-16-20-55(49-67)69(75)53-18-15-19-54(48-53)70(76)56-21-17-31-68(50-56)74(62-38-34-52(2)35-39-62)66-46-42-64(43-47-66)72(59-26-11-5-12-27-59)60-28-13-6-14-29-60/h3-50H,1-2H3. The van der Waals surface area contributed by atoms with Gasteiger partial charge in [0, 0.05) is 90.5 Å². The van der Waals surface area contributed by atoms with E-state index in [2.05, 4.69) is 228 Å². The molecule has 0 fully saturated rings. The molecule has 0 aliphatic carbocycles. The lowest BCUT2D eigenvalue weighted by molar-refractivity contribution is 0.103. The molecule has 0 aliphatic heterocycles. The van der Waals surface area contributed by atoms with Crippen LogP contribution < -0.4 is 19.6 Å². The number of rotatable bonds is 16. The van der Waals surface area contributed by atoms with E-state index in [9.17, 15) is 9.59 Å². The zero-order valence-electron chi connectivity index (χ0n) is 42.3. The molecule has 0 unspecified atom stereocenters. The highest BCUT2D eigenvalue weighted by Crippen LogP contribution is 2.42. The van der Waals surface area contributed by atoms with Crippen molar-refractivity contribution in [2.75, 3.05) is 19.6 Å². The first kappa shape index (κ1) is 48.2. The van der Waals surface area contributed by atoms with Crippen molar-refractivity contribution in [1.29, 1.82) is 0 Å². The van der Waals surface area contributed by atoms with Crippen LogP contribution in [0.3, 0.4) is 0 Å². The van der Waals surface area contributed by atoms with Crippen LogP contribution in [0.4, 0.5) is 68.2 Å². The minimum Gasteiger partial charge on any atom is -0.311 e. The number of hydrogen-bond acceptors (Lipinski definition) is 6. The number of carbonyl (C=O) groups excluding carboxylic acids is 2. The number of anilines is 12. The molecule has 76 heavy (non-hydrogen) atoms. The fourth-order valence-corrected chi connectivity index (χ4v) is 9.69. The molecule has 6 heteroatoms. The highest BCUT2D eigenvalue weighted by atomic mass is 16.1. The number of benzene rings is 11. The van der Waals surface area contributed by atoms with E-state index in [1.54, 1.807) is 24.3 Å². The lowest BCUT2D eigenvalue weighted by atomic mass is 9.96. The Hall–Kier alpha value is -10.0. The summed E-state index contributed by atoms with van der Waals surface area (Å²) in [5, 5.41) is 0. The van der Waals surface area contributed by atoms with Crippen molar-refractivity contribution in [2.24, 2.45) is 0 Å². The summed E-state index contributed by atoms with van der Waals surface area (Å²) < 4.78 is 0. The van der Waals surface area contributed by atoms with E-state index in [4.69, 9.17) is 0 Å². The molecule has 0 atom stereocenters. The van der Waals surface area contributed by atoms with Gasteiger partial charge in [-0.05, 0) is 166 Å². The van der Waals surface area contributed by atoms with Crippen LogP contribution in [-0.4, -0.2) is 11.6 Å². The molecule has 11 aromatic carbocycles. The topological polar surface area (TPSA) is 47.1 Å². The van der Waals surface area contributed by atoms with Gasteiger partial charge in [0.25, 0.3) is 0 Å². The predicted octanol–water partition coefficient (Wildman–Crippen LogP) is 18.6. The fraction of sp³-hybridized carbons (Fsp3) is 0.0286. The zero-order chi connectivity index (χ0) is 51.8. The minimum atomic E-state index is -0.182. The van der Waals surface area contributed by atoms with Gasteiger partial charge in [-0.15, -0.1) is 0 Å². The van der Waals surface area contributed by atoms with E-state index in [1.807, 2.05) is 72.8 Å².